The van der Waals surface area contributed by atoms with E-state index in [-0.39, 0.29) is 5.82 Å². The maximum atomic E-state index is 14.3. The van der Waals surface area contributed by atoms with Crippen LogP contribution in [0, 0.1) is 18.7 Å². The molecular weight excluding hydrogens is 343 g/mol. The normalized spacial score (nSPS) is 17.9. The van der Waals surface area contributed by atoms with E-state index in [1.54, 1.807) is 18.3 Å². The predicted octanol–water partition coefficient (Wildman–Crippen LogP) is 4.13. The second kappa shape index (κ2) is 8.65. The van der Waals surface area contributed by atoms with Gasteiger partial charge in [-0.2, -0.15) is 0 Å². The molecular formula is C21H29FN4O. The van der Waals surface area contributed by atoms with Gasteiger partial charge in [0.1, 0.15) is 11.6 Å². The van der Waals surface area contributed by atoms with Crippen molar-refractivity contribution in [2.45, 2.75) is 39.7 Å². The first kappa shape index (κ1) is 19.5. The molecule has 1 aromatic carbocycles. The highest BCUT2D eigenvalue weighted by Crippen LogP contribution is 2.28. The molecule has 6 heteroatoms. The van der Waals surface area contributed by atoms with Gasteiger partial charge in [-0.3, -0.25) is 0 Å². The smallest absolute Gasteiger partial charge is 0.222 e. The van der Waals surface area contributed by atoms with Crippen molar-refractivity contribution in [3.8, 4) is 16.9 Å². The van der Waals surface area contributed by atoms with E-state index < -0.39 is 0 Å². The Kier molecular flexibility index (Phi) is 6.26. The molecule has 3 rings (SSSR count). The number of ether oxygens (including phenoxy) is 1. The molecule has 5 nitrogen and oxygen atoms in total. The van der Waals surface area contributed by atoms with Crippen LogP contribution in [0.2, 0.25) is 0 Å². The summed E-state index contributed by atoms with van der Waals surface area (Å²) in [5.74, 6) is 1.37. The molecule has 1 atom stereocenters. The van der Waals surface area contributed by atoms with Gasteiger partial charge in [-0.15, -0.1) is 0 Å². The zero-order valence-corrected chi connectivity index (χ0v) is 16.6. The molecule has 0 spiro atoms. The van der Waals surface area contributed by atoms with Gasteiger partial charge in [-0.05, 0) is 58.2 Å². The molecule has 1 aliphatic heterocycles. The second-order valence-electron chi connectivity index (χ2n) is 7.52. The van der Waals surface area contributed by atoms with Gasteiger partial charge in [-0.25, -0.2) is 14.4 Å². The lowest BCUT2D eigenvalue weighted by molar-refractivity contribution is 0.145. The van der Waals surface area contributed by atoms with Crippen LogP contribution in [0.15, 0.2) is 24.4 Å². The molecule has 0 bridgehead atoms. The van der Waals surface area contributed by atoms with Gasteiger partial charge in [0.2, 0.25) is 5.95 Å². The van der Waals surface area contributed by atoms with Gasteiger partial charge in [0, 0.05) is 42.5 Å². The minimum absolute atomic E-state index is 0.335. The predicted molar refractivity (Wildman–Crippen MR) is 107 cm³/mol. The monoisotopic (exact) mass is 372 g/mol. The third-order valence-corrected chi connectivity index (χ3v) is 5.28. The van der Waals surface area contributed by atoms with Crippen molar-refractivity contribution in [3.63, 3.8) is 0 Å². The largest absolute Gasteiger partial charge is 0.497 e. The Morgan fingerprint density at radius 2 is 2.15 bits per heavy atom. The van der Waals surface area contributed by atoms with Gasteiger partial charge < -0.3 is 15.0 Å². The van der Waals surface area contributed by atoms with E-state index in [4.69, 9.17) is 4.74 Å². The lowest BCUT2D eigenvalue weighted by Gasteiger charge is -2.35. The summed E-state index contributed by atoms with van der Waals surface area (Å²) >= 11 is 0. The molecule has 1 saturated heterocycles. The summed E-state index contributed by atoms with van der Waals surface area (Å²) in [6.45, 7) is 9.54. The summed E-state index contributed by atoms with van der Waals surface area (Å²) in [4.78, 5) is 11.5. The Labute approximate surface area is 161 Å². The fourth-order valence-electron chi connectivity index (χ4n) is 3.63. The maximum Gasteiger partial charge on any atom is 0.222 e. The Bertz CT molecular complexity index is 781. The number of hydrogen-bond donors (Lipinski definition) is 1. The van der Waals surface area contributed by atoms with Crippen LogP contribution >= 0.6 is 0 Å². The topological polar surface area (TPSA) is 50.3 Å². The number of likely N-dealkylation sites (tertiary alicyclic amines) is 1. The van der Waals surface area contributed by atoms with Crippen LogP contribution in [0.5, 0.6) is 5.75 Å². The number of anilines is 1. The summed E-state index contributed by atoms with van der Waals surface area (Å²) in [5, 5.41) is 3.36. The Hall–Kier alpha value is -2.21. The quantitative estimate of drug-likeness (QED) is 0.826. The van der Waals surface area contributed by atoms with Gasteiger partial charge in [0.25, 0.3) is 0 Å². The maximum absolute atomic E-state index is 14.3. The average molecular weight is 372 g/mol. The third-order valence-electron chi connectivity index (χ3n) is 5.28. The van der Waals surface area contributed by atoms with Crippen molar-refractivity contribution in [3.05, 3.63) is 35.9 Å². The summed E-state index contributed by atoms with van der Waals surface area (Å²) in [7, 11) is 1.52. The van der Waals surface area contributed by atoms with E-state index in [0.717, 1.165) is 18.8 Å². The lowest BCUT2D eigenvalue weighted by Crippen LogP contribution is -2.41. The van der Waals surface area contributed by atoms with Crippen molar-refractivity contribution < 1.29 is 9.13 Å². The highest BCUT2D eigenvalue weighted by molar-refractivity contribution is 5.67. The summed E-state index contributed by atoms with van der Waals surface area (Å²) < 4.78 is 19.4. The first-order chi connectivity index (χ1) is 13.0. The number of aryl methyl sites for hydroxylation is 1. The molecule has 2 heterocycles. The van der Waals surface area contributed by atoms with Crippen LogP contribution in [-0.4, -0.2) is 47.7 Å². The molecule has 1 aromatic heterocycles. The Morgan fingerprint density at radius 1 is 1.33 bits per heavy atom. The average Bonchev–Trinajstić information content (AvgIpc) is 2.67. The van der Waals surface area contributed by atoms with Crippen molar-refractivity contribution >= 4 is 5.95 Å². The van der Waals surface area contributed by atoms with Gasteiger partial charge in [0.15, 0.2) is 0 Å². The second-order valence-corrected chi connectivity index (χ2v) is 7.52. The van der Waals surface area contributed by atoms with Crippen molar-refractivity contribution in [1.29, 1.82) is 0 Å². The number of benzene rings is 1. The molecule has 27 heavy (non-hydrogen) atoms. The molecule has 1 N–H and O–H groups in total. The molecule has 0 radical (unpaired) electrons. The molecule has 0 amide bonds. The summed E-state index contributed by atoms with van der Waals surface area (Å²) in [6, 6.07) is 5.41. The van der Waals surface area contributed by atoms with Crippen molar-refractivity contribution in [2.75, 3.05) is 32.1 Å². The van der Waals surface area contributed by atoms with Crippen LogP contribution in [0.3, 0.4) is 0 Å². The molecule has 2 aromatic rings. The van der Waals surface area contributed by atoms with E-state index in [9.17, 15) is 4.39 Å². The number of halogens is 1. The standard InChI is InChI=1S/C21H29FN4O/c1-14(2)26-9-5-6-16(13-26)11-23-21-24-12-19(15(3)25-21)18-8-7-17(27-4)10-20(18)22/h7-8,10,12,14,16H,5-6,9,11,13H2,1-4H3,(H,23,24,25). The van der Waals surface area contributed by atoms with Crippen LogP contribution in [0.1, 0.15) is 32.4 Å². The number of methoxy groups -OCH3 is 1. The highest BCUT2D eigenvalue weighted by Gasteiger charge is 2.21. The number of hydrogen-bond acceptors (Lipinski definition) is 5. The van der Waals surface area contributed by atoms with E-state index in [0.29, 0.717) is 34.8 Å². The van der Waals surface area contributed by atoms with E-state index >= 15 is 0 Å². The molecule has 146 valence electrons. The Morgan fingerprint density at radius 3 is 2.81 bits per heavy atom. The van der Waals surface area contributed by atoms with Crippen LogP contribution < -0.4 is 10.1 Å². The van der Waals surface area contributed by atoms with Crippen LogP contribution in [-0.2, 0) is 0 Å². The van der Waals surface area contributed by atoms with Crippen LogP contribution in [0.25, 0.3) is 11.1 Å². The third kappa shape index (κ3) is 4.75. The first-order valence-corrected chi connectivity index (χ1v) is 9.63. The fourth-order valence-corrected chi connectivity index (χ4v) is 3.63. The molecule has 0 saturated carbocycles. The Balaban J connectivity index is 1.66. The minimum Gasteiger partial charge on any atom is -0.497 e. The van der Waals surface area contributed by atoms with Crippen LogP contribution in [0.4, 0.5) is 10.3 Å². The minimum atomic E-state index is -0.335. The van der Waals surface area contributed by atoms with Gasteiger partial charge in [0.05, 0.1) is 12.8 Å². The highest BCUT2D eigenvalue weighted by atomic mass is 19.1. The SMILES string of the molecule is COc1ccc(-c2cnc(NCC3CCCN(C(C)C)C3)nc2C)c(F)c1. The van der Waals surface area contributed by atoms with Crippen molar-refractivity contribution in [2.24, 2.45) is 5.92 Å². The van der Waals surface area contributed by atoms with E-state index in [1.807, 2.05) is 6.92 Å². The fraction of sp³-hybridized carbons (Fsp3) is 0.524. The number of aromatic nitrogens is 2. The van der Waals surface area contributed by atoms with E-state index in [1.165, 1.54) is 32.6 Å². The molecule has 1 unspecified atom stereocenters. The molecule has 0 aliphatic carbocycles. The first-order valence-electron chi connectivity index (χ1n) is 9.63. The zero-order chi connectivity index (χ0) is 19.4. The molecule has 1 fully saturated rings. The van der Waals surface area contributed by atoms with Gasteiger partial charge in [-0.1, -0.05) is 0 Å². The number of nitrogens with one attached hydrogen (secondary N) is 1. The van der Waals surface area contributed by atoms with Gasteiger partial charge >= 0.3 is 0 Å². The lowest BCUT2D eigenvalue weighted by atomic mass is 9.97. The number of piperidine rings is 1. The van der Waals surface area contributed by atoms with Crippen molar-refractivity contribution in [1.82, 2.24) is 14.9 Å². The van der Waals surface area contributed by atoms with E-state index in [2.05, 4.69) is 34.0 Å². The number of rotatable bonds is 6. The summed E-state index contributed by atoms with van der Waals surface area (Å²) in [5.41, 5.74) is 1.94. The zero-order valence-electron chi connectivity index (χ0n) is 16.6. The molecule has 1 aliphatic rings. The summed E-state index contributed by atoms with van der Waals surface area (Å²) in [6.07, 6.45) is 4.15. The number of nitrogens with zero attached hydrogens (tertiary/aromatic N) is 3.